The van der Waals surface area contributed by atoms with Crippen LogP contribution in [0.1, 0.15) is 30.0 Å². The van der Waals surface area contributed by atoms with Gasteiger partial charge in [-0.15, -0.1) is 12.4 Å². The average Bonchev–Trinajstić information content (AvgIpc) is 3.00. The molecule has 4 rings (SSSR count). The van der Waals surface area contributed by atoms with Crippen molar-refractivity contribution < 1.29 is 14.2 Å². The topological polar surface area (TPSA) is 64.6 Å². The lowest BCUT2D eigenvalue weighted by Gasteiger charge is -2.44. The molecule has 0 spiro atoms. The van der Waals surface area contributed by atoms with Crippen LogP contribution in [0.2, 0.25) is 0 Å². The van der Waals surface area contributed by atoms with Crippen LogP contribution in [0.4, 0.5) is 16.2 Å². The Bertz CT molecular complexity index is 942. The van der Waals surface area contributed by atoms with Gasteiger partial charge in [0.2, 0.25) is 0 Å². The number of aryl methyl sites for hydroxylation is 2. The van der Waals surface area contributed by atoms with Crippen molar-refractivity contribution in [2.75, 3.05) is 30.9 Å². The van der Waals surface area contributed by atoms with E-state index < -0.39 is 6.09 Å². The van der Waals surface area contributed by atoms with E-state index in [9.17, 15) is 10.0 Å². The first-order chi connectivity index (χ1) is 13.1. The molecule has 156 valence electrons. The van der Waals surface area contributed by atoms with E-state index in [1.807, 2.05) is 51.2 Å². The number of halogens is 1. The first kappa shape index (κ1) is 21.4. The van der Waals surface area contributed by atoms with Gasteiger partial charge in [-0.2, -0.15) is 0 Å². The fraction of sp³-hybridized carbons (Fsp3) is 0.409. The van der Waals surface area contributed by atoms with Gasteiger partial charge in [0.15, 0.2) is 6.17 Å². The predicted octanol–water partition coefficient (Wildman–Crippen LogP) is 4.72. The summed E-state index contributed by atoms with van der Waals surface area (Å²) in [4.78, 5) is 14.5. The Kier molecular flexibility index (Phi) is 5.32. The van der Waals surface area contributed by atoms with Gasteiger partial charge < -0.3 is 19.5 Å². The van der Waals surface area contributed by atoms with E-state index in [1.54, 1.807) is 13.1 Å². The summed E-state index contributed by atoms with van der Waals surface area (Å²) in [7, 11) is 3.72. The molecule has 0 radical (unpaired) electrons. The highest BCUT2D eigenvalue weighted by atomic mass is 35.5. The highest BCUT2D eigenvalue weighted by Crippen LogP contribution is 2.54. The number of hydrogen-bond donors (Lipinski definition) is 1. The molecule has 1 amide bonds. The summed E-state index contributed by atoms with van der Waals surface area (Å²) >= 11 is 0. The van der Waals surface area contributed by atoms with E-state index in [-0.39, 0.29) is 28.6 Å². The summed E-state index contributed by atoms with van der Waals surface area (Å²) in [6.07, 6.45) is 0.148. The second kappa shape index (κ2) is 7.20. The highest BCUT2D eigenvalue weighted by Gasteiger charge is 2.58. The van der Waals surface area contributed by atoms with Crippen LogP contribution < -0.4 is 15.0 Å². The van der Waals surface area contributed by atoms with Gasteiger partial charge in [0.1, 0.15) is 5.75 Å². The molecule has 1 saturated heterocycles. The molecule has 1 N–H and O–H groups in total. The van der Waals surface area contributed by atoms with Crippen LogP contribution in [0, 0.1) is 19.1 Å². The molecule has 3 atom stereocenters. The molecular weight excluding hydrogens is 390 g/mol. The molecule has 0 aliphatic carbocycles. The maximum Gasteiger partial charge on any atom is 0.417 e. The van der Waals surface area contributed by atoms with Crippen LogP contribution in [0.25, 0.3) is 0 Å². The number of carbonyl (C=O) groups excluding carboxylic acids is 1. The Morgan fingerprint density at radius 1 is 1.28 bits per heavy atom. The van der Waals surface area contributed by atoms with Crippen LogP contribution in [0.5, 0.6) is 5.75 Å². The van der Waals surface area contributed by atoms with Crippen molar-refractivity contribution in [2.45, 2.75) is 38.8 Å². The number of amides is 1. The largest absolute Gasteiger partial charge is 0.631 e. The Labute approximate surface area is 178 Å². The van der Waals surface area contributed by atoms with Gasteiger partial charge in [-0.1, -0.05) is 18.2 Å². The molecule has 6 nitrogen and oxygen atoms in total. The van der Waals surface area contributed by atoms with Crippen molar-refractivity contribution in [2.24, 2.45) is 0 Å². The van der Waals surface area contributed by atoms with Crippen LogP contribution in [-0.2, 0) is 5.41 Å². The zero-order valence-electron chi connectivity index (χ0n) is 17.5. The second-order valence-electron chi connectivity index (χ2n) is 8.51. The number of rotatable bonds is 2. The lowest BCUT2D eigenvalue weighted by atomic mass is 9.81. The summed E-state index contributed by atoms with van der Waals surface area (Å²) in [6.45, 7) is 6.63. The number of fused-ring (bicyclic) bond motifs is 3. The molecule has 1 unspecified atom stereocenters. The molecule has 2 aromatic carbocycles. The number of nitrogens with one attached hydrogen (secondary N) is 1. The van der Waals surface area contributed by atoms with Gasteiger partial charge in [0, 0.05) is 24.8 Å². The molecule has 0 bridgehead atoms. The van der Waals surface area contributed by atoms with Gasteiger partial charge in [0.25, 0.3) is 0 Å². The number of ether oxygens (including phenoxy) is 1. The zero-order chi connectivity index (χ0) is 20.3. The molecule has 2 aliphatic rings. The molecule has 2 heterocycles. The lowest BCUT2D eigenvalue weighted by molar-refractivity contribution is -0.874. The zero-order valence-corrected chi connectivity index (χ0v) is 18.3. The number of quaternary nitrogens is 1. The summed E-state index contributed by atoms with van der Waals surface area (Å²) in [6, 6.07) is 11.5. The molecule has 0 saturated carbocycles. The normalized spacial score (nSPS) is 27.1. The average molecular weight is 418 g/mol. The van der Waals surface area contributed by atoms with E-state index >= 15 is 0 Å². The predicted molar refractivity (Wildman–Crippen MR) is 118 cm³/mol. The monoisotopic (exact) mass is 417 g/mol. The van der Waals surface area contributed by atoms with Crippen molar-refractivity contribution >= 4 is 29.9 Å². The first-order valence-corrected chi connectivity index (χ1v) is 9.62. The Morgan fingerprint density at radius 3 is 2.59 bits per heavy atom. The van der Waals surface area contributed by atoms with Crippen LogP contribution in [0.15, 0.2) is 36.4 Å². The van der Waals surface area contributed by atoms with Crippen molar-refractivity contribution in [3.63, 3.8) is 0 Å². The second-order valence-corrected chi connectivity index (χ2v) is 8.51. The quantitative estimate of drug-likeness (QED) is 0.567. The van der Waals surface area contributed by atoms with Crippen LogP contribution >= 0.6 is 12.4 Å². The smallest absolute Gasteiger partial charge is 0.417 e. The maximum atomic E-state index is 12.9. The minimum absolute atomic E-state index is 0. The van der Waals surface area contributed by atoms with E-state index in [2.05, 4.69) is 17.1 Å². The number of benzene rings is 2. The molecule has 29 heavy (non-hydrogen) atoms. The number of para-hydroxylation sites is 1. The number of anilines is 2. The number of likely N-dealkylation sites (tertiary alicyclic amines) is 1. The molecule has 2 aliphatic heterocycles. The molecule has 0 aromatic heterocycles. The van der Waals surface area contributed by atoms with Crippen molar-refractivity contribution in [3.8, 4) is 5.75 Å². The highest BCUT2D eigenvalue weighted by molar-refractivity contribution is 5.88. The van der Waals surface area contributed by atoms with Crippen LogP contribution in [-0.4, -0.2) is 37.5 Å². The van der Waals surface area contributed by atoms with E-state index in [4.69, 9.17) is 4.74 Å². The summed E-state index contributed by atoms with van der Waals surface area (Å²) in [5, 5.41) is 15.8. The fourth-order valence-corrected chi connectivity index (χ4v) is 5.10. The summed E-state index contributed by atoms with van der Waals surface area (Å²) in [5.74, 6) is 0.491. The number of carbonyl (C=O) groups is 1. The maximum absolute atomic E-state index is 12.9. The van der Waals surface area contributed by atoms with Gasteiger partial charge in [0.05, 0.1) is 19.0 Å². The summed E-state index contributed by atoms with van der Waals surface area (Å²) < 4.78 is 5.31. The minimum atomic E-state index is -0.513. The Balaban J connectivity index is 0.00000240. The third-order valence-electron chi connectivity index (χ3n) is 6.41. The Hall–Kier alpha value is -2.28. The van der Waals surface area contributed by atoms with Gasteiger partial charge in [-0.3, -0.25) is 5.32 Å². The van der Waals surface area contributed by atoms with Crippen LogP contribution in [0.3, 0.4) is 0 Å². The number of likely N-dealkylation sites (N-methyl/N-ethyl adjacent to an activating group) is 2. The van der Waals surface area contributed by atoms with Gasteiger partial charge in [-0.25, -0.2) is 4.79 Å². The fourth-order valence-electron chi connectivity index (χ4n) is 5.10. The van der Waals surface area contributed by atoms with Crippen molar-refractivity contribution in [3.05, 3.63) is 58.3 Å². The van der Waals surface area contributed by atoms with E-state index in [0.29, 0.717) is 12.3 Å². The number of hydrogen-bond acceptors (Lipinski definition) is 4. The molecule has 2 aromatic rings. The molecule has 7 heteroatoms. The minimum Gasteiger partial charge on any atom is -0.631 e. The molecular formula is C22H28ClN3O3. The first-order valence-electron chi connectivity index (χ1n) is 9.62. The standard InChI is InChI=1S/C22H27N3O3.ClH/c1-14-7-6-8-15(2)19(14)23-21(26)28-16-9-10-18-17(13-16)22(3)11-12-25(5,27)20(22)24(18)4;/h6-10,13,20H,11-12H2,1-5H3,(H,23,26);1H/t20-,22-,25?;/m0./s1. The van der Waals surface area contributed by atoms with Crippen molar-refractivity contribution in [1.29, 1.82) is 0 Å². The third kappa shape index (κ3) is 3.35. The lowest BCUT2D eigenvalue weighted by Crippen LogP contribution is -2.54. The number of nitrogens with zero attached hydrogens (tertiary/aromatic N) is 2. The number of hydroxylamine groups is 3. The SMILES string of the molecule is Cc1cccc(C)c1NC(=O)Oc1ccc2c(c1)[C@]1(C)CC[N+](C)([O-])[C@@H]1N2C.Cl. The van der Waals surface area contributed by atoms with Gasteiger partial charge in [-0.05, 0) is 55.7 Å². The summed E-state index contributed by atoms with van der Waals surface area (Å²) in [5.41, 5.74) is 4.62. The van der Waals surface area contributed by atoms with E-state index in [0.717, 1.165) is 34.5 Å². The third-order valence-corrected chi connectivity index (χ3v) is 6.41. The molecule has 1 fully saturated rings. The Morgan fingerprint density at radius 2 is 1.93 bits per heavy atom. The van der Waals surface area contributed by atoms with Gasteiger partial charge >= 0.3 is 6.09 Å². The van der Waals surface area contributed by atoms with E-state index in [1.165, 1.54) is 0 Å². The van der Waals surface area contributed by atoms with Crippen molar-refractivity contribution in [1.82, 2.24) is 0 Å².